The van der Waals surface area contributed by atoms with Crippen molar-refractivity contribution in [2.45, 2.75) is 77.8 Å². The van der Waals surface area contributed by atoms with Gasteiger partial charge in [-0.1, -0.05) is 40.0 Å². The normalized spacial score (nSPS) is 21.4. The van der Waals surface area contributed by atoms with Crippen LogP contribution in [0.2, 0.25) is 0 Å². The first kappa shape index (κ1) is 15.0. The van der Waals surface area contributed by atoms with Gasteiger partial charge >= 0.3 is 0 Å². The molecule has 17 heavy (non-hydrogen) atoms. The lowest BCUT2D eigenvalue weighted by Gasteiger charge is -2.45. The van der Waals surface area contributed by atoms with E-state index in [0.29, 0.717) is 0 Å². The second-order valence-corrected chi connectivity index (χ2v) is 6.44. The second kappa shape index (κ2) is 6.75. The van der Waals surface area contributed by atoms with E-state index in [0.717, 1.165) is 18.5 Å². The van der Waals surface area contributed by atoms with Crippen molar-refractivity contribution < 1.29 is 0 Å². The van der Waals surface area contributed by atoms with Crippen LogP contribution in [0.1, 0.15) is 66.2 Å². The van der Waals surface area contributed by atoms with Crippen LogP contribution in [0.5, 0.6) is 0 Å². The third-order valence-electron chi connectivity index (χ3n) is 4.25. The highest BCUT2D eigenvalue weighted by Crippen LogP contribution is 2.32. The van der Waals surface area contributed by atoms with Crippen molar-refractivity contribution in [3.05, 3.63) is 0 Å². The Kier molecular flexibility index (Phi) is 5.94. The van der Waals surface area contributed by atoms with Gasteiger partial charge in [-0.25, -0.2) is 0 Å². The highest BCUT2D eigenvalue weighted by Gasteiger charge is 2.36. The summed E-state index contributed by atoms with van der Waals surface area (Å²) in [5.41, 5.74) is 6.31. The van der Waals surface area contributed by atoms with Gasteiger partial charge in [0.2, 0.25) is 0 Å². The van der Waals surface area contributed by atoms with Gasteiger partial charge in [-0.3, -0.25) is 4.90 Å². The number of nitrogens with two attached hydrogens (primary N) is 1. The van der Waals surface area contributed by atoms with E-state index in [1.807, 2.05) is 0 Å². The van der Waals surface area contributed by atoms with Gasteiger partial charge in [0, 0.05) is 24.7 Å². The quantitative estimate of drug-likeness (QED) is 0.739. The van der Waals surface area contributed by atoms with Crippen molar-refractivity contribution >= 4 is 0 Å². The first-order chi connectivity index (χ1) is 8.03. The highest BCUT2D eigenvalue weighted by molar-refractivity contribution is 4.93. The minimum Gasteiger partial charge on any atom is -0.329 e. The Hall–Kier alpha value is -0.0800. The van der Waals surface area contributed by atoms with Gasteiger partial charge in [0.25, 0.3) is 0 Å². The SMILES string of the molecule is CCCC(C)(CN)N(CC(C)C)C1CCCC1. The van der Waals surface area contributed by atoms with Gasteiger partial charge < -0.3 is 5.73 Å². The number of nitrogens with zero attached hydrogens (tertiary/aromatic N) is 1. The molecule has 1 atom stereocenters. The van der Waals surface area contributed by atoms with Gasteiger partial charge in [-0.05, 0) is 32.1 Å². The van der Waals surface area contributed by atoms with Crippen LogP contribution in [0.15, 0.2) is 0 Å². The molecule has 0 bridgehead atoms. The Morgan fingerprint density at radius 3 is 2.29 bits per heavy atom. The van der Waals surface area contributed by atoms with E-state index in [4.69, 9.17) is 5.73 Å². The Morgan fingerprint density at radius 2 is 1.88 bits per heavy atom. The van der Waals surface area contributed by atoms with E-state index >= 15 is 0 Å². The third-order valence-corrected chi connectivity index (χ3v) is 4.25. The van der Waals surface area contributed by atoms with Crippen molar-refractivity contribution in [3.8, 4) is 0 Å². The molecule has 0 aromatic heterocycles. The molecule has 1 fully saturated rings. The predicted octanol–water partition coefficient (Wildman–Crippen LogP) is 3.40. The number of hydrogen-bond acceptors (Lipinski definition) is 2. The van der Waals surface area contributed by atoms with Gasteiger partial charge in [0.1, 0.15) is 0 Å². The zero-order valence-corrected chi connectivity index (χ0v) is 12.3. The summed E-state index contributed by atoms with van der Waals surface area (Å²) in [6.07, 6.45) is 8.04. The van der Waals surface area contributed by atoms with E-state index in [2.05, 4.69) is 32.6 Å². The monoisotopic (exact) mass is 240 g/mol. The maximum Gasteiger partial charge on any atom is 0.0306 e. The molecule has 2 nitrogen and oxygen atoms in total. The molecule has 0 saturated heterocycles. The number of hydrogen-bond donors (Lipinski definition) is 1. The molecular formula is C15H32N2. The minimum absolute atomic E-state index is 0.216. The van der Waals surface area contributed by atoms with Crippen molar-refractivity contribution in [1.29, 1.82) is 0 Å². The molecule has 1 aliphatic carbocycles. The molecule has 2 N–H and O–H groups in total. The Balaban J connectivity index is 2.78. The molecular weight excluding hydrogens is 208 g/mol. The summed E-state index contributed by atoms with van der Waals surface area (Å²) in [4.78, 5) is 2.74. The van der Waals surface area contributed by atoms with Crippen LogP contribution in [-0.4, -0.2) is 29.6 Å². The molecule has 0 amide bonds. The maximum atomic E-state index is 6.10. The molecule has 0 heterocycles. The summed E-state index contributed by atoms with van der Waals surface area (Å²) in [5, 5.41) is 0. The highest BCUT2D eigenvalue weighted by atomic mass is 15.2. The van der Waals surface area contributed by atoms with Crippen LogP contribution in [0, 0.1) is 5.92 Å². The fourth-order valence-electron chi connectivity index (χ4n) is 3.32. The summed E-state index contributed by atoms with van der Waals surface area (Å²) >= 11 is 0. The van der Waals surface area contributed by atoms with Crippen LogP contribution in [0.25, 0.3) is 0 Å². The first-order valence-corrected chi connectivity index (χ1v) is 7.50. The maximum absolute atomic E-state index is 6.10. The Bertz CT molecular complexity index is 209. The summed E-state index contributed by atoms with van der Waals surface area (Å²) in [7, 11) is 0. The van der Waals surface area contributed by atoms with E-state index in [9.17, 15) is 0 Å². The topological polar surface area (TPSA) is 29.3 Å². The van der Waals surface area contributed by atoms with Gasteiger partial charge in [0.15, 0.2) is 0 Å². The smallest absolute Gasteiger partial charge is 0.0306 e. The average Bonchev–Trinajstić information content (AvgIpc) is 2.79. The number of rotatable bonds is 7. The fourth-order valence-corrected chi connectivity index (χ4v) is 3.32. The lowest BCUT2D eigenvalue weighted by molar-refractivity contribution is 0.0435. The van der Waals surface area contributed by atoms with Crippen LogP contribution in [0.4, 0.5) is 0 Å². The van der Waals surface area contributed by atoms with Crippen molar-refractivity contribution in [2.75, 3.05) is 13.1 Å². The summed E-state index contributed by atoms with van der Waals surface area (Å²) < 4.78 is 0. The van der Waals surface area contributed by atoms with Gasteiger partial charge in [-0.2, -0.15) is 0 Å². The summed E-state index contributed by atoms with van der Waals surface area (Å²) in [6, 6.07) is 0.789. The lowest BCUT2D eigenvalue weighted by atomic mass is 9.90. The second-order valence-electron chi connectivity index (χ2n) is 6.44. The minimum atomic E-state index is 0.216. The summed E-state index contributed by atoms with van der Waals surface area (Å²) in [5.74, 6) is 0.735. The zero-order valence-electron chi connectivity index (χ0n) is 12.3. The molecule has 0 radical (unpaired) electrons. The molecule has 0 spiro atoms. The lowest BCUT2D eigenvalue weighted by Crippen LogP contribution is -2.56. The van der Waals surface area contributed by atoms with E-state index in [-0.39, 0.29) is 5.54 Å². The van der Waals surface area contributed by atoms with Crippen LogP contribution < -0.4 is 5.73 Å². The molecule has 102 valence electrons. The Morgan fingerprint density at radius 1 is 1.29 bits per heavy atom. The molecule has 0 aromatic carbocycles. The predicted molar refractivity (Wildman–Crippen MR) is 76.2 cm³/mol. The zero-order chi connectivity index (χ0) is 12.9. The van der Waals surface area contributed by atoms with Crippen LogP contribution in [0.3, 0.4) is 0 Å². The molecule has 1 aliphatic rings. The standard InChI is InChI=1S/C15H32N2/c1-5-10-15(4,12-16)17(11-13(2)3)14-8-6-7-9-14/h13-14H,5-12,16H2,1-4H3. The van der Waals surface area contributed by atoms with E-state index < -0.39 is 0 Å². The third kappa shape index (κ3) is 3.96. The van der Waals surface area contributed by atoms with Crippen LogP contribution >= 0.6 is 0 Å². The van der Waals surface area contributed by atoms with E-state index in [1.165, 1.54) is 45.1 Å². The van der Waals surface area contributed by atoms with Gasteiger partial charge in [0.05, 0.1) is 0 Å². The average molecular weight is 240 g/mol. The van der Waals surface area contributed by atoms with Crippen LogP contribution in [-0.2, 0) is 0 Å². The van der Waals surface area contributed by atoms with Crippen molar-refractivity contribution in [1.82, 2.24) is 4.90 Å². The molecule has 0 aliphatic heterocycles. The molecule has 1 saturated carbocycles. The summed E-state index contributed by atoms with van der Waals surface area (Å²) in [6.45, 7) is 11.3. The Labute approximate surface area is 108 Å². The van der Waals surface area contributed by atoms with Crippen molar-refractivity contribution in [2.24, 2.45) is 11.7 Å². The van der Waals surface area contributed by atoms with E-state index in [1.54, 1.807) is 0 Å². The van der Waals surface area contributed by atoms with Gasteiger partial charge in [-0.15, -0.1) is 0 Å². The molecule has 2 heteroatoms. The fraction of sp³-hybridized carbons (Fsp3) is 1.00. The molecule has 1 unspecified atom stereocenters. The van der Waals surface area contributed by atoms with Crippen molar-refractivity contribution in [3.63, 3.8) is 0 Å². The largest absolute Gasteiger partial charge is 0.329 e. The molecule has 0 aromatic rings. The molecule has 1 rings (SSSR count). The first-order valence-electron chi connectivity index (χ1n) is 7.50.